The summed E-state index contributed by atoms with van der Waals surface area (Å²) in [5.74, 6) is -2.65. The Kier molecular flexibility index (Phi) is 10.3. The lowest BCUT2D eigenvalue weighted by Crippen LogP contribution is -2.49. The maximum atomic E-state index is 12.3. The molecule has 0 spiro atoms. The molecule has 0 aliphatic carbocycles. The lowest BCUT2D eigenvalue weighted by atomic mass is 10.1. The maximum absolute atomic E-state index is 12.3. The zero-order valence-electron chi connectivity index (χ0n) is 15.9. The molecule has 0 saturated carbocycles. The van der Waals surface area contributed by atoms with E-state index in [-0.39, 0.29) is 26.0 Å². The number of nitrogens with one attached hydrogen (secondary N) is 3. The van der Waals surface area contributed by atoms with Crippen molar-refractivity contribution in [2.24, 2.45) is 5.73 Å². The van der Waals surface area contributed by atoms with Crippen LogP contribution in [0, 0.1) is 0 Å². The fraction of sp³-hybridized carbons (Fsp3) is 0.389. The SMILES string of the molecule is COC(=O)CNC(=O)CNC(=O)[C@H](CCC(N)=O)NC(=O)OCc1ccccc1. The Morgan fingerprint density at radius 2 is 1.72 bits per heavy atom. The number of amides is 4. The number of esters is 1. The van der Waals surface area contributed by atoms with Gasteiger partial charge in [-0.25, -0.2) is 4.79 Å². The van der Waals surface area contributed by atoms with E-state index in [0.29, 0.717) is 0 Å². The molecule has 0 saturated heterocycles. The van der Waals surface area contributed by atoms with Crippen molar-refractivity contribution in [2.45, 2.75) is 25.5 Å². The molecule has 0 heterocycles. The van der Waals surface area contributed by atoms with Crippen molar-refractivity contribution in [3.05, 3.63) is 35.9 Å². The van der Waals surface area contributed by atoms with Gasteiger partial charge in [0.2, 0.25) is 17.7 Å². The average Bonchev–Trinajstić information content (AvgIpc) is 2.72. The third-order valence-corrected chi connectivity index (χ3v) is 3.58. The van der Waals surface area contributed by atoms with Crippen molar-refractivity contribution in [1.29, 1.82) is 0 Å². The van der Waals surface area contributed by atoms with E-state index in [1.54, 1.807) is 24.3 Å². The zero-order valence-corrected chi connectivity index (χ0v) is 15.9. The molecule has 0 unspecified atom stereocenters. The van der Waals surface area contributed by atoms with Crippen LogP contribution in [-0.2, 0) is 35.3 Å². The molecule has 0 bridgehead atoms. The fourth-order valence-corrected chi connectivity index (χ4v) is 2.06. The van der Waals surface area contributed by atoms with Gasteiger partial charge in [-0.3, -0.25) is 19.2 Å². The van der Waals surface area contributed by atoms with E-state index in [9.17, 15) is 24.0 Å². The summed E-state index contributed by atoms with van der Waals surface area (Å²) in [7, 11) is 1.17. The number of rotatable bonds is 11. The second-order valence-corrected chi connectivity index (χ2v) is 5.83. The molecule has 1 rings (SSSR count). The van der Waals surface area contributed by atoms with Crippen molar-refractivity contribution in [2.75, 3.05) is 20.2 Å². The first-order valence-corrected chi connectivity index (χ1v) is 8.68. The Hall–Kier alpha value is -3.63. The first-order chi connectivity index (χ1) is 13.8. The Morgan fingerprint density at radius 3 is 2.34 bits per heavy atom. The van der Waals surface area contributed by atoms with Crippen LogP contribution in [0.5, 0.6) is 0 Å². The number of alkyl carbamates (subject to hydrolysis) is 1. The van der Waals surface area contributed by atoms with Crippen molar-refractivity contribution in [1.82, 2.24) is 16.0 Å². The van der Waals surface area contributed by atoms with Gasteiger partial charge >= 0.3 is 12.1 Å². The van der Waals surface area contributed by atoms with Gasteiger partial charge in [0.25, 0.3) is 0 Å². The number of carbonyl (C=O) groups excluding carboxylic acids is 5. The van der Waals surface area contributed by atoms with E-state index in [1.165, 1.54) is 7.11 Å². The first-order valence-electron chi connectivity index (χ1n) is 8.68. The summed E-state index contributed by atoms with van der Waals surface area (Å²) < 4.78 is 9.41. The number of carbonyl (C=O) groups is 5. The Morgan fingerprint density at radius 1 is 1.03 bits per heavy atom. The van der Waals surface area contributed by atoms with Gasteiger partial charge in [0, 0.05) is 6.42 Å². The van der Waals surface area contributed by atoms with Gasteiger partial charge in [0.15, 0.2) is 0 Å². The van der Waals surface area contributed by atoms with Crippen molar-refractivity contribution < 1.29 is 33.4 Å². The number of hydrogen-bond donors (Lipinski definition) is 4. The summed E-state index contributed by atoms with van der Waals surface area (Å²) in [5.41, 5.74) is 5.84. The summed E-state index contributed by atoms with van der Waals surface area (Å²) in [4.78, 5) is 57.8. The molecule has 0 aliphatic heterocycles. The molecule has 0 fully saturated rings. The van der Waals surface area contributed by atoms with Crippen LogP contribution in [0.1, 0.15) is 18.4 Å². The summed E-state index contributed by atoms with van der Waals surface area (Å²) in [6, 6.07) is 7.76. The highest BCUT2D eigenvalue weighted by Crippen LogP contribution is 2.02. The highest BCUT2D eigenvalue weighted by Gasteiger charge is 2.22. The molecule has 11 nitrogen and oxygen atoms in total. The van der Waals surface area contributed by atoms with Crippen molar-refractivity contribution in [3.8, 4) is 0 Å². The lowest BCUT2D eigenvalue weighted by Gasteiger charge is -2.17. The highest BCUT2D eigenvalue weighted by atomic mass is 16.5. The summed E-state index contributed by atoms with van der Waals surface area (Å²) >= 11 is 0. The molecule has 1 aromatic carbocycles. The Balaban J connectivity index is 2.53. The predicted molar refractivity (Wildman–Crippen MR) is 100 cm³/mol. The van der Waals surface area contributed by atoms with E-state index in [0.717, 1.165) is 5.56 Å². The Labute approximate surface area is 167 Å². The number of primary amides is 1. The molecular weight excluding hydrogens is 384 g/mol. The maximum Gasteiger partial charge on any atom is 0.408 e. The number of hydrogen-bond acceptors (Lipinski definition) is 7. The van der Waals surface area contributed by atoms with Crippen molar-refractivity contribution in [3.63, 3.8) is 0 Å². The van der Waals surface area contributed by atoms with E-state index >= 15 is 0 Å². The number of nitrogens with two attached hydrogens (primary N) is 1. The van der Waals surface area contributed by atoms with Gasteiger partial charge in [-0.05, 0) is 12.0 Å². The minimum atomic E-state index is -1.14. The molecule has 29 heavy (non-hydrogen) atoms. The summed E-state index contributed by atoms with van der Waals surface area (Å²) in [6.45, 7) is -0.795. The van der Waals surface area contributed by atoms with Gasteiger partial charge in [0.1, 0.15) is 19.2 Å². The normalized spacial score (nSPS) is 10.9. The number of ether oxygens (including phenoxy) is 2. The van der Waals surface area contributed by atoms with Crippen LogP contribution in [0.2, 0.25) is 0 Å². The first kappa shape index (κ1) is 23.4. The Bertz CT molecular complexity index is 724. The van der Waals surface area contributed by atoms with Crippen molar-refractivity contribution >= 4 is 29.8 Å². The molecule has 0 radical (unpaired) electrons. The summed E-state index contributed by atoms with van der Waals surface area (Å²) in [6.07, 6.45) is -1.11. The van der Waals surface area contributed by atoms with E-state index in [4.69, 9.17) is 10.5 Å². The molecule has 0 aliphatic rings. The molecule has 1 atom stereocenters. The van der Waals surface area contributed by atoms with E-state index in [1.807, 2.05) is 6.07 Å². The monoisotopic (exact) mass is 408 g/mol. The predicted octanol–water partition coefficient (Wildman–Crippen LogP) is -1.05. The minimum absolute atomic E-state index is 0.00718. The quantitative estimate of drug-likeness (QED) is 0.339. The second-order valence-electron chi connectivity index (χ2n) is 5.83. The molecule has 0 aromatic heterocycles. The van der Waals surface area contributed by atoms with Gasteiger partial charge in [-0.15, -0.1) is 0 Å². The molecule has 158 valence electrons. The van der Waals surface area contributed by atoms with E-state index < -0.39 is 42.4 Å². The van der Waals surface area contributed by atoms with Gasteiger partial charge in [-0.2, -0.15) is 0 Å². The third-order valence-electron chi connectivity index (χ3n) is 3.58. The molecule has 5 N–H and O–H groups in total. The number of methoxy groups -OCH3 is 1. The van der Waals surface area contributed by atoms with Crippen LogP contribution >= 0.6 is 0 Å². The second kappa shape index (κ2) is 12.7. The van der Waals surface area contributed by atoms with Gasteiger partial charge < -0.3 is 31.2 Å². The molecule has 4 amide bonds. The van der Waals surface area contributed by atoms with Crippen LogP contribution < -0.4 is 21.7 Å². The molecule has 1 aromatic rings. The molecule has 11 heteroatoms. The fourth-order valence-electron chi connectivity index (χ4n) is 2.06. The molecular formula is C18H24N4O7. The number of benzene rings is 1. The highest BCUT2D eigenvalue weighted by molar-refractivity contribution is 5.90. The van der Waals surface area contributed by atoms with Gasteiger partial charge in [0.05, 0.1) is 13.7 Å². The van der Waals surface area contributed by atoms with Crippen LogP contribution in [0.25, 0.3) is 0 Å². The standard InChI is InChI=1S/C18H24N4O7/c1-28-16(25)10-20-15(24)9-21-17(26)13(7-8-14(19)23)22-18(27)29-11-12-5-3-2-4-6-12/h2-6,13H,7-11H2,1H3,(H2,19,23)(H,20,24)(H,21,26)(H,22,27)/t13-/m0/s1. The lowest BCUT2D eigenvalue weighted by molar-refractivity contribution is -0.141. The average molecular weight is 408 g/mol. The largest absolute Gasteiger partial charge is 0.468 e. The topological polar surface area (TPSA) is 166 Å². The smallest absolute Gasteiger partial charge is 0.408 e. The van der Waals surface area contributed by atoms with Crippen LogP contribution in [0.3, 0.4) is 0 Å². The van der Waals surface area contributed by atoms with Crippen LogP contribution in [-0.4, -0.2) is 56.0 Å². The summed E-state index contributed by atoms with van der Waals surface area (Å²) in [5, 5.41) is 6.88. The van der Waals surface area contributed by atoms with Crippen LogP contribution in [0.15, 0.2) is 30.3 Å². The zero-order chi connectivity index (χ0) is 21.6. The minimum Gasteiger partial charge on any atom is -0.468 e. The van der Waals surface area contributed by atoms with Gasteiger partial charge in [-0.1, -0.05) is 30.3 Å². The van der Waals surface area contributed by atoms with Crippen LogP contribution in [0.4, 0.5) is 4.79 Å². The van der Waals surface area contributed by atoms with E-state index in [2.05, 4.69) is 20.7 Å². The third kappa shape index (κ3) is 10.3.